The zero-order valence-electron chi connectivity index (χ0n) is 16.3. The number of phenols is 1. The molecule has 2 amide bonds. The first-order valence-corrected chi connectivity index (χ1v) is 9.42. The Morgan fingerprint density at radius 1 is 0.967 bits per heavy atom. The summed E-state index contributed by atoms with van der Waals surface area (Å²) < 4.78 is 5.22. The molecule has 150 valence electrons. The average Bonchev–Trinajstić information content (AvgIpc) is 2.79. The molecule has 0 aliphatic carbocycles. The molecule has 6 heteroatoms. The van der Waals surface area contributed by atoms with Crippen molar-refractivity contribution in [3.05, 3.63) is 101 Å². The Labute approximate surface area is 173 Å². The summed E-state index contributed by atoms with van der Waals surface area (Å²) in [5.74, 6) is 0.0248. The van der Waals surface area contributed by atoms with Crippen molar-refractivity contribution in [2.45, 2.75) is 6.04 Å². The minimum atomic E-state index is -0.726. The van der Waals surface area contributed by atoms with E-state index >= 15 is 0 Å². The number of nitrogens with one attached hydrogen (secondary N) is 2. The lowest BCUT2D eigenvalue weighted by Gasteiger charge is -2.30. The molecule has 0 spiro atoms. The van der Waals surface area contributed by atoms with Gasteiger partial charge in [0, 0.05) is 5.56 Å². The van der Waals surface area contributed by atoms with E-state index in [9.17, 15) is 14.7 Å². The molecule has 0 saturated carbocycles. The lowest BCUT2D eigenvalue weighted by molar-refractivity contribution is 0.102. The maximum atomic E-state index is 13.6. The number of phenolic OH excluding ortho intramolecular Hbond substituents is 1. The number of carbonyl (C=O) groups is 2. The van der Waals surface area contributed by atoms with Crippen LogP contribution < -0.4 is 15.4 Å². The average molecular weight is 400 g/mol. The summed E-state index contributed by atoms with van der Waals surface area (Å²) in [6.45, 7) is 0. The molecule has 0 aromatic heterocycles. The Kier molecular flexibility index (Phi) is 5.22. The quantitative estimate of drug-likeness (QED) is 0.564. The molecule has 0 radical (unpaired) electrons. The highest BCUT2D eigenvalue weighted by atomic mass is 16.5. The Morgan fingerprint density at radius 3 is 2.30 bits per heavy atom. The van der Waals surface area contributed by atoms with Crippen LogP contribution in [0.15, 0.2) is 84.4 Å². The summed E-state index contributed by atoms with van der Waals surface area (Å²) in [7, 11) is 1.45. The second kappa shape index (κ2) is 8.13. The van der Waals surface area contributed by atoms with Gasteiger partial charge in [0.2, 0.25) is 0 Å². The van der Waals surface area contributed by atoms with Crippen LogP contribution in [-0.4, -0.2) is 24.0 Å². The highest BCUT2D eigenvalue weighted by Crippen LogP contribution is 2.36. The molecule has 1 aliphatic heterocycles. The van der Waals surface area contributed by atoms with Crippen molar-refractivity contribution in [2.24, 2.45) is 0 Å². The highest BCUT2D eigenvalue weighted by Gasteiger charge is 2.34. The number of rotatable bonds is 5. The van der Waals surface area contributed by atoms with Gasteiger partial charge in [-0.15, -0.1) is 0 Å². The van der Waals surface area contributed by atoms with Gasteiger partial charge < -0.3 is 20.5 Å². The molecule has 3 aromatic carbocycles. The number of ketones is 1. The van der Waals surface area contributed by atoms with Crippen LogP contribution >= 0.6 is 0 Å². The number of ether oxygens (including phenoxy) is 1. The van der Waals surface area contributed by atoms with Gasteiger partial charge >= 0.3 is 6.03 Å². The van der Waals surface area contributed by atoms with E-state index in [0.717, 1.165) is 5.56 Å². The predicted molar refractivity (Wildman–Crippen MR) is 113 cm³/mol. The van der Waals surface area contributed by atoms with Crippen LogP contribution in [0.3, 0.4) is 0 Å². The first kappa shape index (κ1) is 19.3. The van der Waals surface area contributed by atoms with E-state index in [-0.39, 0.29) is 17.3 Å². The summed E-state index contributed by atoms with van der Waals surface area (Å²) in [5, 5.41) is 15.6. The molecule has 3 aromatic rings. The van der Waals surface area contributed by atoms with Crippen molar-refractivity contribution < 1.29 is 19.4 Å². The molecule has 0 saturated heterocycles. The molecule has 0 bridgehead atoms. The Morgan fingerprint density at radius 2 is 1.63 bits per heavy atom. The number of benzene rings is 3. The third-order valence-electron chi connectivity index (χ3n) is 4.95. The van der Waals surface area contributed by atoms with E-state index in [2.05, 4.69) is 10.6 Å². The molecule has 1 aliphatic rings. The number of Topliss-reactive ketones (excluding diaryl/α,β-unsaturated/α-hetero) is 1. The van der Waals surface area contributed by atoms with E-state index in [4.69, 9.17) is 4.74 Å². The van der Waals surface area contributed by atoms with Crippen LogP contribution in [0.4, 0.5) is 4.79 Å². The van der Waals surface area contributed by atoms with E-state index < -0.39 is 12.1 Å². The number of urea groups is 1. The van der Waals surface area contributed by atoms with Crippen molar-refractivity contribution in [1.29, 1.82) is 0 Å². The van der Waals surface area contributed by atoms with Gasteiger partial charge in [-0.3, -0.25) is 4.79 Å². The van der Waals surface area contributed by atoms with E-state index in [1.807, 2.05) is 36.4 Å². The normalized spacial score (nSPS) is 15.9. The zero-order chi connectivity index (χ0) is 21.1. The van der Waals surface area contributed by atoms with Gasteiger partial charge in [-0.25, -0.2) is 4.79 Å². The molecule has 3 N–H and O–H groups in total. The van der Waals surface area contributed by atoms with Crippen LogP contribution in [0.2, 0.25) is 0 Å². The lowest BCUT2D eigenvalue weighted by atomic mass is 9.87. The highest BCUT2D eigenvalue weighted by molar-refractivity contribution is 6.16. The first-order valence-electron chi connectivity index (χ1n) is 9.42. The van der Waals surface area contributed by atoms with Gasteiger partial charge in [-0.05, 0) is 23.3 Å². The Hall–Kier alpha value is -4.06. The van der Waals surface area contributed by atoms with Crippen LogP contribution in [0.1, 0.15) is 27.5 Å². The monoisotopic (exact) mass is 400 g/mol. The van der Waals surface area contributed by atoms with Crippen LogP contribution in [-0.2, 0) is 0 Å². The molecular weight excluding hydrogens is 380 g/mol. The molecule has 6 nitrogen and oxygen atoms in total. The minimum absolute atomic E-state index is 0.0234. The van der Waals surface area contributed by atoms with Crippen molar-refractivity contribution in [1.82, 2.24) is 10.6 Å². The van der Waals surface area contributed by atoms with Crippen LogP contribution in [0, 0.1) is 0 Å². The SMILES string of the molecule is COc1cc([C@@H]2NC(=O)NC(c3ccccc3)=C2C(=O)c2ccccc2)ccc1O. The van der Waals surface area contributed by atoms with Crippen molar-refractivity contribution in [3.8, 4) is 11.5 Å². The third-order valence-corrected chi connectivity index (χ3v) is 4.95. The zero-order valence-corrected chi connectivity index (χ0v) is 16.3. The largest absolute Gasteiger partial charge is 0.504 e. The number of hydrogen-bond donors (Lipinski definition) is 3. The van der Waals surface area contributed by atoms with Gasteiger partial charge in [-0.2, -0.15) is 0 Å². The fourth-order valence-corrected chi connectivity index (χ4v) is 3.51. The fraction of sp³-hybridized carbons (Fsp3) is 0.0833. The maximum Gasteiger partial charge on any atom is 0.320 e. The molecule has 0 fully saturated rings. The number of amides is 2. The predicted octanol–water partition coefficient (Wildman–Crippen LogP) is 4.05. The molecular formula is C24H20N2O4. The third kappa shape index (κ3) is 3.63. The van der Waals surface area contributed by atoms with E-state index in [0.29, 0.717) is 22.4 Å². The summed E-state index contributed by atoms with van der Waals surface area (Å²) >= 11 is 0. The van der Waals surface area contributed by atoms with Gasteiger partial charge in [0.05, 0.1) is 24.4 Å². The summed E-state index contributed by atoms with van der Waals surface area (Å²) in [6, 6.07) is 21.8. The number of carbonyl (C=O) groups excluding carboxylic acids is 2. The van der Waals surface area contributed by atoms with Crippen LogP contribution in [0.25, 0.3) is 5.70 Å². The summed E-state index contributed by atoms with van der Waals surface area (Å²) in [4.78, 5) is 26.1. The van der Waals surface area contributed by atoms with Gasteiger partial charge in [-0.1, -0.05) is 66.7 Å². The topological polar surface area (TPSA) is 87.7 Å². The van der Waals surface area contributed by atoms with Gasteiger partial charge in [0.15, 0.2) is 17.3 Å². The number of aromatic hydroxyl groups is 1. The van der Waals surface area contributed by atoms with Gasteiger partial charge in [0.25, 0.3) is 0 Å². The second-order valence-corrected chi connectivity index (χ2v) is 6.81. The Balaban J connectivity index is 1.93. The molecule has 4 rings (SSSR count). The van der Waals surface area contributed by atoms with Crippen molar-refractivity contribution in [3.63, 3.8) is 0 Å². The van der Waals surface area contributed by atoms with Gasteiger partial charge in [0.1, 0.15) is 0 Å². The first-order chi connectivity index (χ1) is 14.6. The van der Waals surface area contributed by atoms with Crippen LogP contribution in [0.5, 0.6) is 11.5 Å². The summed E-state index contributed by atoms with van der Waals surface area (Å²) in [5.41, 5.74) is 2.70. The second-order valence-electron chi connectivity index (χ2n) is 6.81. The molecule has 1 heterocycles. The van der Waals surface area contributed by atoms with E-state index in [1.165, 1.54) is 13.2 Å². The van der Waals surface area contributed by atoms with Crippen molar-refractivity contribution >= 4 is 17.5 Å². The number of hydrogen-bond acceptors (Lipinski definition) is 4. The standard InChI is InChI=1S/C24H20N2O4/c1-30-19-14-17(12-13-18(19)27)22-20(23(28)16-10-6-3-7-11-16)21(25-24(29)26-22)15-8-4-2-5-9-15/h2-14,22,27H,1H3,(H2,25,26,29)/t22-/m0/s1. The molecule has 30 heavy (non-hydrogen) atoms. The number of methoxy groups -OCH3 is 1. The minimum Gasteiger partial charge on any atom is -0.504 e. The smallest absolute Gasteiger partial charge is 0.320 e. The lowest BCUT2D eigenvalue weighted by Crippen LogP contribution is -2.45. The van der Waals surface area contributed by atoms with E-state index in [1.54, 1.807) is 36.4 Å². The summed E-state index contributed by atoms with van der Waals surface area (Å²) in [6.07, 6.45) is 0. The molecule has 0 unspecified atom stereocenters. The Bertz CT molecular complexity index is 1120. The molecule has 1 atom stereocenters. The van der Waals surface area contributed by atoms with Crippen molar-refractivity contribution in [2.75, 3.05) is 7.11 Å². The fourth-order valence-electron chi connectivity index (χ4n) is 3.51. The maximum absolute atomic E-state index is 13.6.